The van der Waals surface area contributed by atoms with Crippen LogP contribution < -0.4 is 5.73 Å². The van der Waals surface area contributed by atoms with Crippen LogP contribution in [0.15, 0.2) is 0 Å². The van der Waals surface area contributed by atoms with Crippen LogP contribution in [0.2, 0.25) is 0 Å². The molecule has 4 nitrogen and oxygen atoms in total. The summed E-state index contributed by atoms with van der Waals surface area (Å²) < 4.78 is 4.92. The van der Waals surface area contributed by atoms with Crippen LogP contribution in [-0.4, -0.2) is 43.2 Å². The molecule has 1 unspecified atom stereocenters. The first-order chi connectivity index (χ1) is 5.95. The number of esters is 1. The zero-order valence-electron chi connectivity index (χ0n) is 8.91. The third-order valence-electron chi connectivity index (χ3n) is 1.94. The lowest BCUT2D eigenvalue weighted by atomic mass is 10.3. The van der Waals surface area contributed by atoms with Gasteiger partial charge in [0, 0.05) is 12.6 Å². The number of likely N-dealkylation sites (N-methyl/N-ethyl adjacent to an activating group) is 1. The van der Waals surface area contributed by atoms with Gasteiger partial charge in [-0.05, 0) is 27.8 Å². The molecule has 13 heavy (non-hydrogen) atoms. The first-order valence-electron chi connectivity index (χ1n) is 4.57. The zero-order valence-corrected chi connectivity index (χ0v) is 8.91. The van der Waals surface area contributed by atoms with Gasteiger partial charge in [0.1, 0.15) is 12.6 Å². The van der Waals surface area contributed by atoms with Gasteiger partial charge in [0.2, 0.25) is 0 Å². The van der Waals surface area contributed by atoms with Crippen LogP contribution in [0.1, 0.15) is 20.8 Å². The SMILES string of the molecule is CC(N)C(=O)OCCN(C)C(C)C. The second-order valence-corrected chi connectivity index (χ2v) is 3.53. The summed E-state index contributed by atoms with van der Waals surface area (Å²) in [6.45, 7) is 6.96. The molecule has 0 fully saturated rings. The van der Waals surface area contributed by atoms with E-state index in [-0.39, 0.29) is 5.97 Å². The molecular weight excluding hydrogens is 168 g/mol. The number of ether oxygens (including phenoxy) is 1. The third-order valence-corrected chi connectivity index (χ3v) is 1.94. The highest BCUT2D eigenvalue weighted by Crippen LogP contribution is 1.93. The lowest BCUT2D eigenvalue weighted by Gasteiger charge is -2.20. The topological polar surface area (TPSA) is 55.6 Å². The molecule has 0 aliphatic rings. The van der Waals surface area contributed by atoms with E-state index in [1.165, 1.54) is 0 Å². The van der Waals surface area contributed by atoms with Crippen molar-refractivity contribution in [3.63, 3.8) is 0 Å². The fourth-order valence-electron chi connectivity index (χ4n) is 0.680. The Morgan fingerprint density at radius 1 is 1.46 bits per heavy atom. The summed E-state index contributed by atoms with van der Waals surface area (Å²) in [7, 11) is 1.99. The Morgan fingerprint density at radius 3 is 2.38 bits per heavy atom. The molecule has 0 aromatic carbocycles. The maximum absolute atomic E-state index is 10.9. The second-order valence-electron chi connectivity index (χ2n) is 3.53. The molecule has 0 rings (SSSR count). The van der Waals surface area contributed by atoms with Gasteiger partial charge in [-0.1, -0.05) is 0 Å². The fourth-order valence-corrected chi connectivity index (χ4v) is 0.680. The van der Waals surface area contributed by atoms with E-state index in [0.29, 0.717) is 12.6 Å². The summed E-state index contributed by atoms with van der Waals surface area (Å²) in [4.78, 5) is 13.0. The minimum Gasteiger partial charge on any atom is -0.463 e. The van der Waals surface area contributed by atoms with E-state index in [2.05, 4.69) is 18.7 Å². The van der Waals surface area contributed by atoms with Crippen molar-refractivity contribution in [2.45, 2.75) is 32.9 Å². The standard InChI is InChI=1S/C9H20N2O2/c1-7(2)11(4)5-6-13-9(12)8(3)10/h7-8H,5-6,10H2,1-4H3. The summed E-state index contributed by atoms with van der Waals surface area (Å²) in [5, 5.41) is 0. The average Bonchev–Trinajstić information content (AvgIpc) is 2.03. The predicted octanol–water partition coefficient (Wildman–Crippen LogP) is 0.217. The smallest absolute Gasteiger partial charge is 0.322 e. The van der Waals surface area contributed by atoms with Gasteiger partial charge in [-0.15, -0.1) is 0 Å². The van der Waals surface area contributed by atoms with Crippen molar-refractivity contribution >= 4 is 5.97 Å². The minimum absolute atomic E-state index is 0.336. The minimum atomic E-state index is -0.524. The number of hydrogen-bond donors (Lipinski definition) is 1. The molecule has 1 atom stereocenters. The third kappa shape index (κ3) is 5.60. The van der Waals surface area contributed by atoms with E-state index in [9.17, 15) is 4.79 Å². The normalized spacial score (nSPS) is 13.5. The Balaban J connectivity index is 3.51. The Morgan fingerprint density at radius 2 is 2.00 bits per heavy atom. The number of rotatable bonds is 5. The maximum atomic E-state index is 10.9. The van der Waals surface area contributed by atoms with Gasteiger partial charge in [0.25, 0.3) is 0 Å². The quantitative estimate of drug-likeness (QED) is 0.627. The van der Waals surface area contributed by atoms with Gasteiger partial charge in [0.05, 0.1) is 0 Å². The van der Waals surface area contributed by atoms with Crippen molar-refractivity contribution < 1.29 is 9.53 Å². The van der Waals surface area contributed by atoms with Crippen LogP contribution in [0.5, 0.6) is 0 Å². The molecule has 4 heteroatoms. The lowest BCUT2D eigenvalue weighted by Crippen LogP contribution is -2.34. The van der Waals surface area contributed by atoms with E-state index in [4.69, 9.17) is 10.5 Å². The largest absolute Gasteiger partial charge is 0.463 e. The Bertz CT molecular complexity index is 158. The van der Waals surface area contributed by atoms with Crippen molar-refractivity contribution in [2.75, 3.05) is 20.2 Å². The number of hydrogen-bond acceptors (Lipinski definition) is 4. The molecule has 0 aliphatic heterocycles. The summed E-state index contributed by atoms with van der Waals surface area (Å²) in [5.41, 5.74) is 5.32. The molecule has 0 spiro atoms. The van der Waals surface area contributed by atoms with E-state index in [1.807, 2.05) is 7.05 Å². The number of nitrogens with zero attached hydrogens (tertiary/aromatic N) is 1. The highest BCUT2D eigenvalue weighted by molar-refractivity contribution is 5.74. The molecule has 0 radical (unpaired) electrons. The van der Waals surface area contributed by atoms with E-state index >= 15 is 0 Å². The average molecular weight is 188 g/mol. The molecule has 0 amide bonds. The number of carbonyl (C=O) groups excluding carboxylic acids is 1. The van der Waals surface area contributed by atoms with E-state index < -0.39 is 6.04 Å². The van der Waals surface area contributed by atoms with Crippen LogP contribution in [0.25, 0.3) is 0 Å². The molecule has 0 aliphatic carbocycles. The van der Waals surface area contributed by atoms with Gasteiger partial charge in [-0.2, -0.15) is 0 Å². The van der Waals surface area contributed by atoms with E-state index in [0.717, 1.165) is 6.54 Å². The molecular formula is C9H20N2O2. The number of nitrogens with two attached hydrogens (primary N) is 1. The molecule has 78 valence electrons. The first kappa shape index (κ1) is 12.4. The van der Waals surface area contributed by atoms with E-state index in [1.54, 1.807) is 6.92 Å². The zero-order chi connectivity index (χ0) is 10.4. The fraction of sp³-hybridized carbons (Fsp3) is 0.889. The Hall–Kier alpha value is -0.610. The van der Waals surface area contributed by atoms with Gasteiger partial charge >= 0.3 is 5.97 Å². The van der Waals surface area contributed by atoms with Gasteiger partial charge < -0.3 is 15.4 Å². The first-order valence-corrected chi connectivity index (χ1v) is 4.57. The van der Waals surface area contributed by atoms with Crippen molar-refractivity contribution in [3.8, 4) is 0 Å². The second kappa shape index (κ2) is 5.94. The molecule has 0 saturated carbocycles. The van der Waals surface area contributed by atoms with Crippen LogP contribution in [0.3, 0.4) is 0 Å². The highest BCUT2D eigenvalue weighted by Gasteiger charge is 2.09. The predicted molar refractivity (Wildman–Crippen MR) is 52.4 cm³/mol. The van der Waals surface area contributed by atoms with Crippen LogP contribution in [-0.2, 0) is 9.53 Å². The van der Waals surface area contributed by atoms with Crippen LogP contribution >= 0.6 is 0 Å². The number of carbonyl (C=O) groups is 1. The molecule has 0 heterocycles. The van der Waals surface area contributed by atoms with Gasteiger partial charge in [-0.3, -0.25) is 4.79 Å². The van der Waals surface area contributed by atoms with Crippen molar-refractivity contribution in [1.29, 1.82) is 0 Å². The summed E-state index contributed by atoms with van der Waals surface area (Å²) >= 11 is 0. The maximum Gasteiger partial charge on any atom is 0.322 e. The van der Waals surface area contributed by atoms with Crippen molar-refractivity contribution in [2.24, 2.45) is 5.73 Å². The monoisotopic (exact) mass is 188 g/mol. The molecule has 2 N–H and O–H groups in total. The van der Waals surface area contributed by atoms with Gasteiger partial charge in [-0.25, -0.2) is 0 Å². The molecule has 0 aromatic rings. The van der Waals surface area contributed by atoms with Crippen LogP contribution in [0.4, 0.5) is 0 Å². The summed E-state index contributed by atoms with van der Waals surface area (Å²) in [6, 6.07) is -0.0571. The molecule has 0 bridgehead atoms. The Kier molecular flexibility index (Phi) is 5.66. The summed E-state index contributed by atoms with van der Waals surface area (Å²) in [5.74, 6) is -0.336. The van der Waals surface area contributed by atoms with Crippen molar-refractivity contribution in [3.05, 3.63) is 0 Å². The van der Waals surface area contributed by atoms with Crippen LogP contribution in [0, 0.1) is 0 Å². The van der Waals surface area contributed by atoms with Crippen molar-refractivity contribution in [1.82, 2.24) is 4.90 Å². The molecule has 0 aromatic heterocycles. The lowest BCUT2D eigenvalue weighted by molar-refractivity contribution is -0.145. The molecule has 0 saturated heterocycles. The Labute approximate surface area is 80.0 Å². The van der Waals surface area contributed by atoms with Gasteiger partial charge in [0.15, 0.2) is 0 Å². The highest BCUT2D eigenvalue weighted by atomic mass is 16.5. The summed E-state index contributed by atoms with van der Waals surface area (Å²) in [6.07, 6.45) is 0.